The first-order valence-corrected chi connectivity index (χ1v) is 11.0. The maximum Gasteiger partial charge on any atom is 0.229 e. The Hall–Kier alpha value is -2.34. The van der Waals surface area contributed by atoms with E-state index >= 15 is 0 Å². The number of aryl methyl sites for hydroxylation is 1. The minimum absolute atomic E-state index is 0.254. The molecular formula is C21H25FN2O2S. The molecule has 0 saturated carbocycles. The predicted molar refractivity (Wildman–Crippen MR) is 109 cm³/mol. The lowest BCUT2D eigenvalue weighted by Gasteiger charge is -2.33. The number of benzene rings is 2. The minimum Gasteiger partial charge on any atom is -0.357 e. The van der Waals surface area contributed by atoms with E-state index in [0.29, 0.717) is 5.69 Å². The Morgan fingerprint density at radius 1 is 1.07 bits per heavy atom. The SMILES string of the molecule is CCC(CC)(c1ccc(F)cc1)c1c(C)[nH]c2c(NS(C)(=O)=O)cccc12. The molecule has 0 amide bonds. The fraction of sp³-hybridized carbons (Fsp3) is 0.333. The van der Waals surface area contributed by atoms with Gasteiger partial charge in [0.05, 0.1) is 17.5 Å². The molecule has 0 fully saturated rings. The normalized spacial score (nSPS) is 12.5. The Morgan fingerprint density at radius 2 is 1.70 bits per heavy atom. The van der Waals surface area contributed by atoms with Gasteiger partial charge in [0.1, 0.15) is 5.82 Å². The van der Waals surface area contributed by atoms with Crippen molar-refractivity contribution in [3.05, 3.63) is 65.1 Å². The van der Waals surface area contributed by atoms with E-state index in [-0.39, 0.29) is 11.2 Å². The van der Waals surface area contributed by atoms with Crippen LogP contribution in [0.2, 0.25) is 0 Å². The Bertz CT molecular complexity index is 1070. The summed E-state index contributed by atoms with van der Waals surface area (Å²) in [5.74, 6) is -0.254. The summed E-state index contributed by atoms with van der Waals surface area (Å²) < 4.78 is 39.6. The molecule has 0 unspecified atom stereocenters. The van der Waals surface area contributed by atoms with Gasteiger partial charge in [-0.05, 0) is 49.1 Å². The maximum atomic E-state index is 13.5. The number of aromatic nitrogens is 1. The van der Waals surface area contributed by atoms with Gasteiger partial charge in [-0.2, -0.15) is 0 Å². The zero-order valence-corrected chi connectivity index (χ0v) is 16.9. The Labute approximate surface area is 159 Å². The van der Waals surface area contributed by atoms with Gasteiger partial charge >= 0.3 is 0 Å². The molecule has 0 bridgehead atoms. The molecule has 0 atom stereocenters. The molecular weight excluding hydrogens is 363 g/mol. The van der Waals surface area contributed by atoms with Crippen LogP contribution >= 0.6 is 0 Å². The lowest BCUT2D eigenvalue weighted by atomic mass is 9.69. The molecule has 27 heavy (non-hydrogen) atoms. The standard InChI is InChI=1S/C21H25FN2O2S/c1-5-21(6-2,15-10-12-16(22)13-11-15)19-14(3)23-20-17(19)8-7-9-18(20)24-27(4,25)26/h7-13,23-24H,5-6H2,1-4H3. The van der Waals surface area contributed by atoms with Gasteiger partial charge in [0.2, 0.25) is 10.0 Å². The third-order valence-corrected chi connectivity index (χ3v) is 5.99. The number of sulfonamides is 1. The zero-order valence-electron chi connectivity index (χ0n) is 16.1. The summed E-state index contributed by atoms with van der Waals surface area (Å²) in [5, 5.41) is 0.981. The van der Waals surface area contributed by atoms with Gasteiger partial charge in [0.25, 0.3) is 0 Å². The van der Waals surface area contributed by atoms with Crippen molar-refractivity contribution in [2.24, 2.45) is 0 Å². The number of hydrogen-bond donors (Lipinski definition) is 2. The largest absolute Gasteiger partial charge is 0.357 e. The highest BCUT2D eigenvalue weighted by atomic mass is 32.2. The van der Waals surface area contributed by atoms with Gasteiger partial charge in [0.15, 0.2) is 0 Å². The second-order valence-corrected chi connectivity index (χ2v) is 8.77. The third kappa shape index (κ3) is 3.46. The van der Waals surface area contributed by atoms with Gasteiger partial charge in [-0.15, -0.1) is 0 Å². The minimum atomic E-state index is -3.39. The molecule has 2 N–H and O–H groups in total. The fourth-order valence-electron chi connectivity index (χ4n) is 4.17. The highest BCUT2D eigenvalue weighted by Crippen LogP contribution is 2.45. The van der Waals surface area contributed by atoms with Crippen molar-refractivity contribution in [3.8, 4) is 0 Å². The summed E-state index contributed by atoms with van der Waals surface area (Å²) in [6, 6.07) is 12.3. The number of nitrogens with one attached hydrogen (secondary N) is 2. The molecule has 0 aliphatic rings. The first-order chi connectivity index (χ1) is 12.7. The van der Waals surface area contributed by atoms with Crippen LogP contribution in [-0.4, -0.2) is 19.7 Å². The van der Waals surface area contributed by atoms with Crippen LogP contribution in [0.15, 0.2) is 42.5 Å². The van der Waals surface area contributed by atoms with Gasteiger partial charge < -0.3 is 4.98 Å². The smallest absolute Gasteiger partial charge is 0.229 e. The van der Waals surface area contributed by atoms with E-state index in [1.165, 1.54) is 12.1 Å². The lowest BCUT2D eigenvalue weighted by Crippen LogP contribution is -2.26. The van der Waals surface area contributed by atoms with Crippen molar-refractivity contribution >= 4 is 26.6 Å². The van der Waals surface area contributed by atoms with Gasteiger partial charge in [-0.3, -0.25) is 4.72 Å². The third-order valence-electron chi connectivity index (χ3n) is 5.40. The van der Waals surface area contributed by atoms with Crippen LogP contribution in [0.1, 0.15) is 43.5 Å². The molecule has 6 heteroatoms. The molecule has 3 aromatic rings. The lowest BCUT2D eigenvalue weighted by molar-refractivity contribution is 0.478. The van der Waals surface area contributed by atoms with Crippen molar-refractivity contribution < 1.29 is 12.8 Å². The number of para-hydroxylation sites is 1. The van der Waals surface area contributed by atoms with E-state index in [1.807, 2.05) is 31.2 Å². The second kappa shape index (κ2) is 7.00. The molecule has 0 saturated heterocycles. The van der Waals surface area contributed by atoms with Crippen LogP contribution in [0, 0.1) is 12.7 Å². The van der Waals surface area contributed by atoms with Crippen LogP contribution in [0.3, 0.4) is 0 Å². The topological polar surface area (TPSA) is 62.0 Å². The molecule has 0 aliphatic carbocycles. The molecule has 0 spiro atoms. The van der Waals surface area contributed by atoms with Crippen molar-refractivity contribution in [3.63, 3.8) is 0 Å². The molecule has 144 valence electrons. The number of H-pyrrole nitrogens is 1. The zero-order chi connectivity index (χ0) is 19.8. The van der Waals surface area contributed by atoms with Crippen LogP contribution in [-0.2, 0) is 15.4 Å². The quantitative estimate of drug-likeness (QED) is 0.618. The van der Waals surface area contributed by atoms with Gasteiger partial charge in [-0.25, -0.2) is 12.8 Å². The summed E-state index contributed by atoms with van der Waals surface area (Å²) >= 11 is 0. The molecule has 1 heterocycles. The van der Waals surface area contributed by atoms with E-state index in [4.69, 9.17) is 0 Å². The summed E-state index contributed by atoms with van der Waals surface area (Å²) in [4.78, 5) is 3.37. The molecule has 3 rings (SSSR count). The Morgan fingerprint density at radius 3 is 2.26 bits per heavy atom. The monoisotopic (exact) mass is 388 g/mol. The summed E-state index contributed by atoms with van der Waals surface area (Å²) in [6.07, 6.45) is 2.82. The number of hydrogen-bond acceptors (Lipinski definition) is 2. The highest BCUT2D eigenvalue weighted by Gasteiger charge is 2.35. The average Bonchev–Trinajstić information content (AvgIpc) is 2.95. The van der Waals surface area contributed by atoms with Gasteiger partial charge in [-0.1, -0.05) is 38.1 Å². The van der Waals surface area contributed by atoms with Crippen molar-refractivity contribution in [1.82, 2.24) is 4.98 Å². The first kappa shape index (κ1) is 19.4. The van der Waals surface area contributed by atoms with Crippen LogP contribution < -0.4 is 4.72 Å². The maximum absolute atomic E-state index is 13.5. The number of fused-ring (bicyclic) bond motifs is 1. The van der Waals surface area contributed by atoms with Crippen molar-refractivity contribution in [2.45, 2.75) is 39.0 Å². The molecule has 0 aliphatic heterocycles. The van der Waals surface area contributed by atoms with E-state index in [0.717, 1.165) is 46.8 Å². The molecule has 0 radical (unpaired) electrons. The van der Waals surface area contributed by atoms with Crippen LogP contribution in [0.25, 0.3) is 10.9 Å². The van der Waals surface area contributed by atoms with E-state index < -0.39 is 10.0 Å². The summed E-state index contributed by atoms with van der Waals surface area (Å²) in [5.41, 5.74) is 4.18. The average molecular weight is 389 g/mol. The summed E-state index contributed by atoms with van der Waals surface area (Å²) in [6.45, 7) is 6.26. The molecule has 4 nitrogen and oxygen atoms in total. The van der Waals surface area contributed by atoms with Crippen LogP contribution in [0.5, 0.6) is 0 Å². The van der Waals surface area contributed by atoms with Crippen LogP contribution in [0.4, 0.5) is 10.1 Å². The Balaban J connectivity index is 2.29. The number of anilines is 1. The fourth-order valence-corrected chi connectivity index (χ4v) is 4.74. The molecule has 2 aromatic carbocycles. The second-order valence-electron chi connectivity index (χ2n) is 7.02. The predicted octanol–water partition coefficient (Wildman–Crippen LogP) is 5.09. The van der Waals surface area contributed by atoms with Crippen molar-refractivity contribution in [1.29, 1.82) is 0 Å². The van der Waals surface area contributed by atoms with Crippen molar-refractivity contribution in [2.75, 3.05) is 11.0 Å². The van der Waals surface area contributed by atoms with E-state index in [1.54, 1.807) is 6.07 Å². The Kier molecular flexibility index (Phi) is 5.04. The van der Waals surface area contributed by atoms with E-state index in [9.17, 15) is 12.8 Å². The summed E-state index contributed by atoms with van der Waals surface area (Å²) in [7, 11) is -3.39. The number of aromatic amines is 1. The van der Waals surface area contributed by atoms with Gasteiger partial charge in [0, 0.05) is 16.5 Å². The number of halogens is 1. The molecule has 1 aromatic heterocycles. The van der Waals surface area contributed by atoms with E-state index in [2.05, 4.69) is 23.6 Å². The highest BCUT2D eigenvalue weighted by molar-refractivity contribution is 7.92. The number of rotatable bonds is 6. The first-order valence-electron chi connectivity index (χ1n) is 9.07.